The lowest BCUT2D eigenvalue weighted by Gasteiger charge is -2.24. The first kappa shape index (κ1) is 12.4. The molecule has 2 unspecified atom stereocenters. The first-order valence-electron chi connectivity index (χ1n) is 6.11. The molecule has 5 heteroatoms. The minimum Gasteiger partial charge on any atom is -0.386 e. The molecule has 1 aliphatic carbocycles. The first-order valence-corrected chi connectivity index (χ1v) is 6.49. The third-order valence-corrected chi connectivity index (χ3v) is 3.54. The monoisotopic (exact) mass is 275 g/mol. The molecule has 4 nitrogen and oxygen atoms in total. The molecule has 0 spiro atoms. The molecule has 1 N–H and O–H groups in total. The maximum absolute atomic E-state index is 10.2. The Hall–Kier alpha value is -1.65. The fourth-order valence-corrected chi connectivity index (χ4v) is 2.52. The quantitative estimate of drug-likeness (QED) is 0.871. The summed E-state index contributed by atoms with van der Waals surface area (Å²) in [4.78, 5) is 1.56. The van der Waals surface area contributed by atoms with Crippen molar-refractivity contribution in [3.63, 3.8) is 0 Å². The van der Waals surface area contributed by atoms with E-state index in [1.54, 1.807) is 16.9 Å². The van der Waals surface area contributed by atoms with Gasteiger partial charge in [-0.15, -0.1) is 0 Å². The summed E-state index contributed by atoms with van der Waals surface area (Å²) in [7, 11) is 0. The van der Waals surface area contributed by atoms with Crippen LogP contribution in [0, 0.1) is 0 Å². The summed E-state index contributed by atoms with van der Waals surface area (Å²) in [5.74, 6) is 0. The van der Waals surface area contributed by atoms with Crippen LogP contribution in [0.5, 0.6) is 0 Å². The van der Waals surface area contributed by atoms with Crippen molar-refractivity contribution in [1.29, 1.82) is 0 Å². The normalized spacial score (nSPS) is 23.4. The second-order valence-corrected chi connectivity index (χ2v) is 5.32. The molecule has 1 aliphatic rings. The highest BCUT2D eigenvalue weighted by Crippen LogP contribution is 2.27. The molecule has 0 bridgehead atoms. The molecular weight excluding hydrogens is 262 g/mol. The fourth-order valence-electron chi connectivity index (χ4n) is 2.35. The molecule has 2 aromatic rings. The van der Waals surface area contributed by atoms with Crippen LogP contribution in [0.15, 0.2) is 41.5 Å². The smallest absolute Gasteiger partial charge is 0.120 e. The Morgan fingerprint density at radius 2 is 1.95 bits per heavy atom. The molecule has 1 aromatic heterocycles. The van der Waals surface area contributed by atoms with Crippen LogP contribution < -0.4 is 0 Å². The van der Waals surface area contributed by atoms with Gasteiger partial charge in [-0.2, -0.15) is 15.0 Å². The molecule has 0 saturated carbocycles. The van der Waals surface area contributed by atoms with Crippen molar-refractivity contribution in [2.24, 2.45) is 0 Å². The van der Waals surface area contributed by atoms with Crippen LogP contribution in [0.2, 0.25) is 5.02 Å². The van der Waals surface area contributed by atoms with Gasteiger partial charge >= 0.3 is 0 Å². The minimum atomic E-state index is -0.596. The predicted octanol–water partition coefficient (Wildman–Crippen LogP) is 2.89. The van der Waals surface area contributed by atoms with Crippen LogP contribution >= 0.6 is 11.6 Å². The number of halogens is 1. The molecular formula is C14H14ClN3O. The number of aliphatic hydroxyl groups excluding tert-OH is 1. The summed E-state index contributed by atoms with van der Waals surface area (Å²) in [5.41, 5.74) is 3.53. The van der Waals surface area contributed by atoms with Crippen molar-refractivity contribution in [2.75, 3.05) is 0 Å². The standard InChI is InChI=1S/C14H14ClN3O/c1-8-5-9(2)14(19)13(6-8)18-16-11-4-3-10(15)7-12(11)17-18/h3-7,13-14,19H,1-2H3. The first-order chi connectivity index (χ1) is 9.04. The van der Waals surface area contributed by atoms with Gasteiger partial charge in [0.25, 0.3) is 0 Å². The van der Waals surface area contributed by atoms with Gasteiger partial charge in [0.1, 0.15) is 23.2 Å². The van der Waals surface area contributed by atoms with E-state index in [0.717, 1.165) is 22.2 Å². The average molecular weight is 276 g/mol. The lowest BCUT2D eigenvalue weighted by atomic mass is 9.95. The second-order valence-electron chi connectivity index (χ2n) is 4.89. The van der Waals surface area contributed by atoms with Gasteiger partial charge in [-0.3, -0.25) is 0 Å². The lowest BCUT2D eigenvalue weighted by Crippen LogP contribution is -2.27. The number of aliphatic hydroxyl groups is 1. The van der Waals surface area contributed by atoms with Gasteiger partial charge < -0.3 is 5.11 Å². The number of allylic oxidation sites excluding steroid dienone is 2. The van der Waals surface area contributed by atoms with E-state index in [4.69, 9.17) is 11.6 Å². The van der Waals surface area contributed by atoms with Gasteiger partial charge in [-0.25, -0.2) is 0 Å². The highest BCUT2D eigenvalue weighted by molar-refractivity contribution is 6.31. The summed E-state index contributed by atoms with van der Waals surface area (Å²) >= 11 is 5.94. The number of nitrogens with zero attached hydrogens (tertiary/aromatic N) is 3. The second kappa shape index (κ2) is 4.47. The zero-order chi connectivity index (χ0) is 13.6. The Labute approximate surface area is 116 Å². The topological polar surface area (TPSA) is 50.9 Å². The van der Waals surface area contributed by atoms with Crippen molar-refractivity contribution >= 4 is 22.6 Å². The third-order valence-electron chi connectivity index (χ3n) is 3.30. The lowest BCUT2D eigenvalue weighted by molar-refractivity contribution is 0.151. The largest absolute Gasteiger partial charge is 0.386 e. The summed E-state index contributed by atoms with van der Waals surface area (Å²) in [6.45, 7) is 3.91. The summed E-state index contributed by atoms with van der Waals surface area (Å²) < 4.78 is 0. The number of fused-ring (bicyclic) bond motifs is 1. The van der Waals surface area contributed by atoms with E-state index in [9.17, 15) is 5.11 Å². The predicted molar refractivity (Wildman–Crippen MR) is 75.1 cm³/mol. The van der Waals surface area contributed by atoms with Gasteiger partial charge in [-0.1, -0.05) is 29.3 Å². The number of rotatable bonds is 1. The van der Waals surface area contributed by atoms with Gasteiger partial charge in [0.2, 0.25) is 0 Å². The van der Waals surface area contributed by atoms with E-state index in [1.165, 1.54) is 0 Å². The molecule has 2 atom stereocenters. The van der Waals surface area contributed by atoms with Crippen LogP contribution in [0.25, 0.3) is 11.0 Å². The molecule has 19 heavy (non-hydrogen) atoms. The summed E-state index contributed by atoms with van der Waals surface area (Å²) in [5, 5.41) is 19.7. The van der Waals surface area contributed by atoms with Crippen LogP contribution in [-0.4, -0.2) is 26.2 Å². The van der Waals surface area contributed by atoms with E-state index in [1.807, 2.05) is 32.1 Å². The van der Waals surface area contributed by atoms with Crippen LogP contribution in [0.4, 0.5) is 0 Å². The molecule has 1 aromatic carbocycles. The Balaban J connectivity index is 2.07. The summed E-state index contributed by atoms with van der Waals surface area (Å²) in [6.07, 6.45) is 3.35. The van der Waals surface area contributed by atoms with Crippen LogP contribution in [0.3, 0.4) is 0 Å². The Bertz CT molecular complexity index is 702. The van der Waals surface area contributed by atoms with Gasteiger partial charge in [0.05, 0.1) is 0 Å². The zero-order valence-electron chi connectivity index (χ0n) is 10.7. The number of aromatic nitrogens is 3. The van der Waals surface area contributed by atoms with Crippen molar-refractivity contribution in [2.45, 2.75) is 26.0 Å². The minimum absolute atomic E-state index is 0.267. The van der Waals surface area contributed by atoms with Crippen molar-refractivity contribution in [3.8, 4) is 0 Å². The molecule has 0 fully saturated rings. The third kappa shape index (κ3) is 2.17. The highest BCUT2D eigenvalue weighted by atomic mass is 35.5. The van der Waals surface area contributed by atoms with E-state index < -0.39 is 6.10 Å². The molecule has 3 rings (SSSR count). The molecule has 0 aliphatic heterocycles. The maximum Gasteiger partial charge on any atom is 0.120 e. The molecule has 1 heterocycles. The molecule has 0 saturated heterocycles. The average Bonchev–Trinajstić information content (AvgIpc) is 2.76. The SMILES string of the molecule is CC1=CC(n2nc3ccc(Cl)cc3n2)C(O)C(C)=C1. The number of hydrogen-bond acceptors (Lipinski definition) is 3. The van der Waals surface area contributed by atoms with E-state index in [-0.39, 0.29) is 6.04 Å². The number of hydrogen-bond donors (Lipinski definition) is 1. The van der Waals surface area contributed by atoms with E-state index in [2.05, 4.69) is 10.2 Å². The van der Waals surface area contributed by atoms with Crippen LogP contribution in [0.1, 0.15) is 19.9 Å². The Morgan fingerprint density at radius 3 is 2.74 bits per heavy atom. The maximum atomic E-state index is 10.2. The van der Waals surface area contributed by atoms with E-state index >= 15 is 0 Å². The van der Waals surface area contributed by atoms with Gasteiger partial charge in [0, 0.05) is 5.02 Å². The van der Waals surface area contributed by atoms with E-state index in [0.29, 0.717) is 5.02 Å². The Kier molecular flexibility index (Phi) is 2.92. The molecule has 0 radical (unpaired) electrons. The van der Waals surface area contributed by atoms with Gasteiger partial charge in [-0.05, 0) is 37.6 Å². The van der Waals surface area contributed by atoms with Crippen molar-refractivity contribution < 1.29 is 5.11 Å². The molecule has 0 amide bonds. The number of benzene rings is 1. The van der Waals surface area contributed by atoms with Gasteiger partial charge in [0.15, 0.2) is 0 Å². The fraction of sp³-hybridized carbons (Fsp3) is 0.286. The highest BCUT2D eigenvalue weighted by Gasteiger charge is 2.25. The summed E-state index contributed by atoms with van der Waals surface area (Å²) in [6, 6.07) is 5.12. The Morgan fingerprint density at radius 1 is 1.21 bits per heavy atom. The molecule has 98 valence electrons. The van der Waals surface area contributed by atoms with Crippen molar-refractivity contribution in [1.82, 2.24) is 15.0 Å². The van der Waals surface area contributed by atoms with Crippen molar-refractivity contribution in [3.05, 3.63) is 46.5 Å². The van der Waals surface area contributed by atoms with Crippen LogP contribution in [-0.2, 0) is 0 Å². The zero-order valence-corrected chi connectivity index (χ0v) is 11.5.